The van der Waals surface area contributed by atoms with Gasteiger partial charge in [0.2, 0.25) is 0 Å². The van der Waals surface area contributed by atoms with Gasteiger partial charge in [0, 0.05) is 6.04 Å². The molecule has 0 saturated heterocycles. The summed E-state index contributed by atoms with van der Waals surface area (Å²) in [4.78, 5) is 0. The average Bonchev–Trinajstić information content (AvgIpc) is 2.27. The summed E-state index contributed by atoms with van der Waals surface area (Å²) < 4.78 is 0. The van der Waals surface area contributed by atoms with Crippen molar-refractivity contribution < 1.29 is 0 Å². The predicted octanol–water partition coefficient (Wildman–Crippen LogP) is 2.95. The highest BCUT2D eigenvalue weighted by Crippen LogP contribution is 2.22. The number of nitrogens with one attached hydrogen (secondary N) is 1. The van der Waals surface area contributed by atoms with Gasteiger partial charge in [0.15, 0.2) is 0 Å². The zero-order valence-electron chi connectivity index (χ0n) is 8.60. The summed E-state index contributed by atoms with van der Waals surface area (Å²) in [6.45, 7) is 5.84. The maximum atomic E-state index is 3.63. The molecular weight excluding hydrogens is 146 g/mol. The zero-order chi connectivity index (χ0) is 8.81. The molecule has 1 N–H and O–H groups in total. The standard InChI is InChI=1S/C11H23N/c1-3-9-12-11-6-4-5-10(2)7-8-11/h10-12H,3-9H2,1-2H3. The largest absolute Gasteiger partial charge is 0.314 e. The van der Waals surface area contributed by atoms with Gasteiger partial charge in [-0.3, -0.25) is 0 Å². The van der Waals surface area contributed by atoms with E-state index < -0.39 is 0 Å². The van der Waals surface area contributed by atoms with E-state index in [0.717, 1.165) is 12.0 Å². The molecule has 2 unspecified atom stereocenters. The van der Waals surface area contributed by atoms with E-state index >= 15 is 0 Å². The molecule has 1 saturated carbocycles. The SMILES string of the molecule is CCCNC1CCCC(C)CC1. The molecule has 0 spiro atoms. The number of hydrogen-bond donors (Lipinski definition) is 1. The van der Waals surface area contributed by atoms with Crippen LogP contribution < -0.4 is 5.32 Å². The Morgan fingerprint density at radius 2 is 2.00 bits per heavy atom. The first-order chi connectivity index (χ1) is 5.83. The maximum absolute atomic E-state index is 3.63. The minimum absolute atomic E-state index is 0.829. The van der Waals surface area contributed by atoms with Crippen LogP contribution in [0.5, 0.6) is 0 Å². The van der Waals surface area contributed by atoms with Crippen LogP contribution in [0.4, 0.5) is 0 Å². The van der Waals surface area contributed by atoms with Crippen LogP contribution in [-0.2, 0) is 0 Å². The third kappa shape index (κ3) is 3.57. The van der Waals surface area contributed by atoms with E-state index in [1.54, 1.807) is 0 Å². The van der Waals surface area contributed by atoms with E-state index in [2.05, 4.69) is 19.2 Å². The highest BCUT2D eigenvalue weighted by atomic mass is 14.9. The normalized spacial score (nSPS) is 31.5. The van der Waals surface area contributed by atoms with Crippen LogP contribution in [0.1, 0.15) is 52.4 Å². The van der Waals surface area contributed by atoms with Crippen molar-refractivity contribution in [1.29, 1.82) is 0 Å². The molecule has 0 bridgehead atoms. The molecular formula is C11H23N. The molecule has 72 valence electrons. The Kier molecular flexibility index (Phi) is 4.67. The molecule has 0 heterocycles. The Balaban J connectivity index is 2.17. The smallest absolute Gasteiger partial charge is 0.00671 e. The van der Waals surface area contributed by atoms with Crippen molar-refractivity contribution >= 4 is 0 Å². The van der Waals surface area contributed by atoms with Gasteiger partial charge in [0.1, 0.15) is 0 Å². The molecule has 1 heteroatoms. The van der Waals surface area contributed by atoms with E-state index in [0.29, 0.717) is 0 Å². The fraction of sp³-hybridized carbons (Fsp3) is 1.00. The highest BCUT2D eigenvalue weighted by Gasteiger charge is 2.14. The van der Waals surface area contributed by atoms with Crippen LogP contribution in [0.3, 0.4) is 0 Å². The summed E-state index contributed by atoms with van der Waals surface area (Å²) in [5, 5.41) is 3.63. The molecule has 1 nitrogen and oxygen atoms in total. The second-order valence-corrected chi connectivity index (χ2v) is 4.26. The Bertz CT molecular complexity index is 110. The van der Waals surface area contributed by atoms with Gasteiger partial charge in [-0.05, 0) is 38.1 Å². The first-order valence-electron chi connectivity index (χ1n) is 5.56. The predicted molar refractivity (Wildman–Crippen MR) is 54.3 cm³/mol. The fourth-order valence-electron chi connectivity index (χ4n) is 2.04. The molecule has 1 aliphatic carbocycles. The lowest BCUT2D eigenvalue weighted by atomic mass is 10.0. The van der Waals surface area contributed by atoms with E-state index in [1.165, 1.54) is 45.1 Å². The zero-order valence-corrected chi connectivity index (χ0v) is 8.60. The van der Waals surface area contributed by atoms with Crippen molar-refractivity contribution in [2.24, 2.45) is 5.92 Å². The summed E-state index contributed by atoms with van der Waals surface area (Å²) in [6, 6.07) is 0.829. The summed E-state index contributed by atoms with van der Waals surface area (Å²) in [5.41, 5.74) is 0. The first-order valence-corrected chi connectivity index (χ1v) is 5.56. The maximum Gasteiger partial charge on any atom is 0.00671 e. The summed E-state index contributed by atoms with van der Waals surface area (Å²) in [7, 11) is 0. The van der Waals surface area contributed by atoms with Gasteiger partial charge >= 0.3 is 0 Å². The van der Waals surface area contributed by atoms with Crippen molar-refractivity contribution in [1.82, 2.24) is 5.32 Å². The van der Waals surface area contributed by atoms with Gasteiger partial charge in [0.25, 0.3) is 0 Å². The van der Waals surface area contributed by atoms with Gasteiger partial charge in [-0.15, -0.1) is 0 Å². The topological polar surface area (TPSA) is 12.0 Å². The van der Waals surface area contributed by atoms with Crippen molar-refractivity contribution in [2.75, 3.05) is 6.54 Å². The molecule has 0 aliphatic heterocycles. The summed E-state index contributed by atoms with van der Waals surface area (Å²) in [6.07, 6.45) is 8.39. The third-order valence-electron chi connectivity index (χ3n) is 2.94. The minimum Gasteiger partial charge on any atom is -0.314 e. The lowest BCUT2D eigenvalue weighted by Gasteiger charge is -2.15. The second kappa shape index (κ2) is 5.58. The molecule has 1 fully saturated rings. The van der Waals surface area contributed by atoms with Gasteiger partial charge < -0.3 is 5.32 Å². The Hall–Kier alpha value is -0.0400. The second-order valence-electron chi connectivity index (χ2n) is 4.26. The lowest BCUT2D eigenvalue weighted by Crippen LogP contribution is -2.28. The van der Waals surface area contributed by atoms with Crippen LogP contribution in [0, 0.1) is 5.92 Å². The monoisotopic (exact) mass is 169 g/mol. The van der Waals surface area contributed by atoms with E-state index in [9.17, 15) is 0 Å². The fourth-order valence-corrected chi connectivity index (χ4v) is 2.04. The molecule has 12 heavy (non-hydrogen) atoms. The quantitative estimate of drug-likeness (QED) is 0.640. The molecule has 0 aromatic carbocycles. The van der Waals surface area contributed by atoms with E-state index in [4.69, 9.17) is 0 Å². The van der Waals surface area contributed by atoms with Crippen molar-refractivity contribution in [3.63, 3.8) is 0 Å². The molecule has 0 radical (unpaired) electrons. The Morgan fingerprint density at radius 1 is 1.17 bits per heavy atom. The molecule has 1 aliphatic rings. The van der Waals surface area contributed by atoms with Gasteiger partial charge in [-0.1, -0.05) is 26.7 Å². The third-order valence-corrected chi connectivity index (χ3v) is 2.94. The molecule has 0 aromatic heterocycles. The molecule has 0 amide bonds. The Labute approximate surface area is 76.9 Å². The lowest BCUT2D eigenvalue weighted by molar-refractivity contribution is 0.448. The minimum atomic E-state index is 0.829. The van der Waals surface area contributed by atoms with Crippen molar-refractivity contribution in [3.05, 3.63) is 0 Å². The van der Waals surface area contributed by atoms with Gasteiger partial charge in [-0.2, -0.15) is 0 Å². The van der Waals surface area contributed by atoms with Gasteiger partial charge in [-0.25, -0.2) is 0 Å². The van der Waals surface area contributed by atoms with Crippen molar-refractivity contribution in [3.8, 4) is 0 Å². The van der Waals surface area contributed by atoms with Crippen LogP contribution in [0.2, 0.25) is 0 Å². The summed E-state index contributed by atoms with van der Waals surface area (Å²) >= 11 is 0. The van der Waals surface area contributed by atoms with Crippen LogP contribution in [0.15, 0.2) is 0 Å². The van der Waals surface area contributed by atoms with Crippen LogP contribution in [0.25, 0.3) is 0 Å². The van der Waals surface area contributed by atoms with Crippen LogP contribution in [-0.4, -0.2) is 12.6 Å². The van der Waals surface area contributed by atoms with E-state index in [1.807, 2.05) is 0 Å². The van der Waals surface area contributed by atoms with E-state index in [-0.39, 0.29) is 0 Å². The average molecular weight is 169 g/mol. The Morgan fingerprint density at radius 3 is 2.75 bits per heavy atom. The van der Waals surface area contributed by atoms with Crippen molar-refractivity contribution in [2.45, 2.75) is 58.4 Å². The summed E-state index contributed by atoms with van der Waals surface area (Å²) in [5.74, 6) is 0.971. The highest BCUT2D eigenvalue weighted by molar-refractivity contribution is 4.72. The molecule has 2 atom stereocenters. The van der Waals surface area contributed by atoms with Gasteiger partial charge in [0.05, 0.1) is 0 Å². The molecule has 0 aromatic rings. The molecule has 1 rings (SSSR count). The number of hydrogen-bond acceptors (Lipinski definition) is 1. The number of rotatable bonds is 3. The first kappa shape index (κ1) is 10.0. The van der Waals surface area contributed by atoms with Crippen LogP contribution >= 0.6 is 0 Å².